The first-order chi connectivity index (χ1) is 7.15. The summed E-state index contributed by atoms with van der Waals surface area (Å²) in [7, 11) is 1.52. The van der Waals surface area contributed by atoms with Crippen LogP contribution in [0.4, 0.5) is 0 Å². The van der Waals surface area contributed by atoms with Gasteiger partial charge in [0.05, 0.1) is 18.4 Å². The second-order valence-electron chi connectivity index (χ2n) is 3.16. The second kappa shape index (κ2) is 3.59. The molecule has 0 amide bonds. The lowest BCUT2D eigenvalue weighted by Crippen LogP contribution is -1.95. The number of carbonyl (C=O) groups excluding carboxylic acids is 1. The van der Waals surface area contributed by atoms with Gasteiger partial charge in [0, 0.05) is 10.9 Å². The predicted molar refractivity (Wildman–Crippen MR) is 57.8 cm³/mol. The van der Waals surface area contributed by atoms with E-state index in [1.807, 2.05) is 0 Å². The molecule has 0 fully saturated rings. The van der Waals surface area contributed by atoms with Gasteiger partial charge in [0.1, 0.15) is 0 Å². The number of ether oxygens (including phenoxy) is 1. The average molecular weight is 225 g/mol. The Morgan fingerprint density at radius 1 is 1.53 bits per heavy atom. The largest absolute Gasteiger partial charge is 0.493 e. The fourth-order valence-corrected chi connectivity index (χ4v) is 1.82. The number of hydrogen-bond acceptors (Lipinski definition) is 3. The molecule has 1 aromatic carbocycles. The highest BCUT2D eigenvalue weighted by molar-refractivity contribution is 6.38. The van der Waals surface area contributed by atoms with Crippen molar-refractivity contribution in [2.45, 2.75) is 6.92 Å². The number of halogens is 1. The van der Waals surface area contributed by atoms with Crippen LogP contribution in [0.15, 0.2) is 22.8 Å². The van der Waals surface area contributed by atoms with Crippen LogP contribution in [0.1, 0.15) is 17.3 Å². The minimum atomic E-state index is -0.0959. The van der Waals surface area contributed by atoms with Crippen molar-refractivity contribution in [1.82, 2.24) is 0 Å². The number of Topliss-reactive ketones (excluding diaryl/α,β-unsaturated/α-hetero) is 1. The van der Waals surface area contributed by atoms with Crippen LogP contribution in [0.25, 0.3) is 11.0 Å². The number of rotatable bonds is 2. The quantitative estimate of drug-likeness (QED) is 0.735. The summed E-state index contributed by atoms with van der Waals surface area (Å²) in [6.07, 6.45) is 1.52. The van der Waals surface area contributed by atoms with E-state index >= 15 is 0 Å². The van der Waals surface area contributed by atoms with Crippen LogP contribution in [0, 0.1) is 0 Å². The number of hydrogen-bond donors (Lipinski definition) is 0. The van der Waals surface area contributed by atoms with Crippen molar-refractivity contribution in [3.63, 3.8) is 0 Å². The third-order valence-corrected chi connectivity index (χ3v) is 2.64. The molecule has 0 aliphatic heterocycles. The van der Waals surface area contributed by atoms with Crippen molar-refractivity contribution in [3.05, 3.63) is 29.0 Å². The summed E-state index contributed by atoms with van der Waals surface area (Å²) in [4.78, 5) is 11.3. The van der Waals surface area contributed by atoms with Crippen molar-refractivity contribution in [3.8, 4) is 5.75 Å². The lowest BCUT2D eigenvalue weighted by molar-refractivity contribution is 0.101. The smallest absolute Gasteiger partial charge is 0.177 e. The number of benzene rings is 1. The van der Waals surface area contributed by atoms with Gasteiger partial charge in [-0.1, -0.05) is 11.6 Å². The molecule has 15 heavy (non-hydrogen) atoms. The van der Waals surface area contributed by atoms with E-state index < -0.39 is 0 Å². The van der Waals surface area contributed by atoms with Gasteiger partial charge in [-0.15, -0.1) is 0 Å². The zero-order valence-corrected chi connectivity index (χ0v) is 9.09. The van der Waals surface area contributed by atoms with Gasteiger partial charge >= 0.3 is 0 Å². The fraction of sp³-hybridized carbons (Fsp3) is 0.182. The Hall–Kier alpha value is -1.48. The molecule has 0 saturated carbocycles. The van der Waals surface area contributed by atoms with Crippen molar-refractivity contribution < 1.29 is 13.9 Å². The van der Waals surface area contributed by atoms with Crippen molar-refractivity contribution in [2.75, 3.05) is 7.11 Å². The zero-order valence-electron chi connectivity index (χ0n) is 8.33. The molecule has 0 radical (unpaired) electrons. The maximum atomic E-state index is 11.3. The normalized spacial score (nSPS) is 10.6. The molecule has 78 valence electrons. The Morgan fingerprint density at radius 2 is 2.27 bits per heavy atom. The SMILES string of the molecule is COc1cc(C(C)=O)c(Cl)c2ccoc12. The molecule has 0 atom stereocenters. The second-order valence-corrected chi connectivity index (χ2v) is 3.54. The maximum absolute atomic E-state index is 11.3. The first-order valence-electron chi connectivity index (χ1n) is 4.39. The van der Waals surface area contributed by atoms with Gasteiger partial charge in [-0.2, -0.15) is 0 Å². The minimum Gasteiger partial charge on any atom is -0.493 e. The maximum Gasteiger partial charge on any atom is 0.177 e. The van der Waals surface area contributed by atoms with Crippen LogP contribution >= 0.6 is 11.6 Å². The summed E-state index contributed by atoms with van der Waals surface area (Å²) in [5, 5.41) is 1.10. The van der Waals surface area contributed by atoms with Crippen LogP contribution in [0.2, 0.25) is 5.02 Å². The number of methoxy groups -OCH3 is 1. The highest BCUT2D eigenvalue weighted by Gasteiger charge is 2.15. The van der Waals surface area contributed by atoms with Crippen LogP contribution < -0.4 is 4.74 Å². The third kappa shape index (κ3) is 1.49. The lowest BCUT2D eigenvalue weighted by atomic mass is 10.1. The molecular weight excluding hydrogens is 216 g/mol. The zero-order chi connectivity index (χ0) is 11.0. The van der Waals surface area contributed by atoms with E-state index in [-0.39, 0.29) is 5.78 Å². The molecule has 0 unspecified atom stereocenters. The topological polar surface area (TPSA) is 39.4 Å². The van der Waals surface area contributed by atoms with Crippen LogP contribution in [-0.4, -0.2) is 12.9 Å². The molecule has 2 aromatic rings. The van der Waals surface area contributed by atoms with Crippen LogP contribution in [0.3, 0.4) is 0 Å². The molecular formula is C11H9ClO3. The summed E-state index contributed by atoms with van der Waals surface area (Å²) in [6, 6.07) is 3.31. The van der Waals surface area contributed by atoms with E-state index in [0.29, 0.717) is 27.3 Å². The summed E-state index contributed by atoms with van der Waals surface area (Å²) >= 11 is 6.07. The number of furan rings is 1. The fourth-order valence-electron chi connectivity index (χ4n) is 1.49. The number of fused-ring (bicyclic) bond motifs is 1. The lowest BCUT2D eigenvalue weighted by Gasteiger charge is -2.05. The Balaban J connectivity index is 2.84. The van der Waals surface area contributed by atoms with Crippen LogP contribution in [0.5, 0.6) is 5.75 Å². The predicted octanol–water partition coefficient (Wildman–Crippen LogP) is 3.30. The Morgan fingerprint density at radius 3 is 2.87 bits per heavy atom. The molecule has 1 heterocycles. The van der Waals surface area contributed by atoms with E-state index in [9.17, 15) is 4.79 Å². The first kappa shape index (κ1) is 10.1. The summed E-state index contributed by atoms with van der Waals surface area (Å²) in [6.45, 7) is 1.46. The Kier molecular flexibility index (Phi) is 2.40. The highest BCUT2D eigenvalue weighted by Crippen LogP contribution is 2.35. The molecule has 0 N–H and O–H groups in total. The van der Waals surface area contributed by atoms with E-state index in [2.05, 4.69) is 0 Å². The summed E-state index contributed by atoms with van der Waals surface area (Å²) in [5.41, 5.74) is 1.01. The van der Waals surface area contributed by atoms with E-state index in [0.717, 1.165) is 0 Å². The van der Waals surface area contributed by atoms with Gasteiger partial charge in [0.15, 0.2) is 17.1 Å². The molecule has 0 bridgehead atoms. The van der Waals surface area contributed by atoms with Gasteiger partial charge in [-0.05, 0) is 19.1 Å². The first-order valence-corrected chi connectivity index (χ1v) is 4.77. The average Bonchev–Trinajstić information content (AvgIpc) is 2.67. The van der Waals surface area contributed by atoms with Gasteiger partial charge in [-0.25, -0.2) is 0 Å². The van der Waals surface area contributed by atoms with Gasteiger partial charge in [0.2, 0.25) is 0 Å². The van der Waals surface area contributed by atoms with E-state index in [4.69, 9.17) is 20.8 Å². The minimum absolute atomic E-state index is 0.0959. The molecule has 4 heteroatoms. The van der Waals surface area contributed by atoms with Crippen LogP contribution in [-0.2, 0) is 0 Å². The van der Waals surface area contributed by atoms with Gasteiger partial charge in [-0.3, -0.25) is 4.79 Å². The third-order valence-electron chi connectivity index (χ3n) is 2.24. The van der Waals surface area contributed by atoms with Crippen molar-refractivity contribution in [1.29, 1.82) is 0 Å². The van der Waals surface area contributed by atoms with Crippen molar-refractivity contribution >= 4 is 28.4 Å². The molecule has 0 spiro atoms. The van der Waals surface area contributed by atoms with E-state index in [1.54, 1.807) is 12.1 Å². The Labute approximate surface area is 91.6 Å². The molecule has 2 rings (SSSR count). The highest BCUT2D eigenvalue weighted by atomic mass is 35.5. The molecule has 0 saturated heterocycles. The molecule has 0 aliphatic carbocycles. The molecule has 1 aromatic heterocycles. The van der Waals surface area contributed by atoms with Gasteiger partial charge in [0.25, 0.3) is 0 Å². The summed E-state index contributed by atoms with van der Waals surface area (Å²) in [5.74, 6) is 0.422. The summed E-state index contributed by atoms with van der Waals surface area (Å²) < 4.78 is 10.4. The van der Waals surface area contributed by atoms with E-state index in [1.165, 1.54) is 20.3 Å². The monoisotopic (exact) mass is 224 g/mol. The number of ketones is 1. The van der Waals surface area contributed by atoms with Crippen molar-refractivity contribution in [2.24, 2.45) is 0 Å². The van der Waals surface area contributed by atoms with Gasteiger partial charge < -0.3 is 9.15 Å². The number of carbonyl (C=O) groups is 1. The molecule has 0 aliphatic rings. The molecule has 3 nitrogen and oxygen atoms in total. The Bertz CT molecular complexity index is 528. The standard InChI is InChI=1S/C11H9ClO3/c1-6(13)8-5-9(14-2)11-7(10(8)12)3-4-15-11/h3-5H,1-2H3.